The molecule has 0 saturated carbocycles. The Morgan fingerprint density at radius 1 is 1.36 bits per heavy atom. The van der Waals surface area contributed by atoms with Crippen molar-refractivity contribution in [2.24, 2.45) is 0 Å². The molecule has 116 valence electrons. The largest absolute Gasteiger partial charge is 0.340 e. The maximum Gasteiger partial charge on any atom is 0.227 e. The Morgan fingerprint density at radius 2 is 2.14 bits per heavy atom. The summed E-state index contributed by atoms with van der Waals surface area (Å²) in [4.78, 5) is 18.8. The number of amides is 1. The minimum absolute atomic E-state index is 0.185. The van der Waals surface area contributed by atoms with E-state index in [1.807, 2.05) is 48.5 Å². The van der Waals surface area contributed by atoms with Crippen LogP contribution in [0.3, 0.4) is 0 Å². The number of carbonyl (C=O) groups excluding carboxylic acids is 1. The molecule has 1 aliphatic rings. The maximum atomic E-state index is 12.5. The van der Waals surface area contributed by atoms with E-state index in [0.29, 0.717) is 17.5 Å². The van der Waals surface area contributed by atoms with Crippen LogP contribution in [0.4, 0.5) is 0 Å². The minimum Gasteiger partial charge on any atom is -0.340 e. The van der Waals surface area contributed by atoms with Crippen molar-refractivity contribution >= 4 is 17.5 Å². The third kappa shape index (κ3) is 3.33. The Bertz CT molecular complexity index is 650. The van der Waals surface area contributed by atoms with E-state index in [1.54, 1.807) is 0 Å². The molecule has 4 nitrogen and oxygen atoms in total. The second kappa shape index (κ2) is 6.53. The fraction of sp³-hybridized carbons (Fsp3) is 0.412. The Balaban J connectivity index is 1.65. The summed E-state index contributed by atoms with van der Waals surface area (Å²) in [5, 5.41) is 0.699. The molecule has 0 N–H and O–H groups in total. The van der Waals surface area contributed by atoms with Gasteiger partial charge in [0.05, 0.1) is 12.5 Å². The van der Waals surface area contributed by atoms with Gasteiger partial charge in [0.2, 0.25) is 5.91 Å². The summed E-state index contributed by atoms with van der Waals surface area (Å²) in [6.07, 6.45) is 6.40. The first kappa shape index (κ1) is 15.1. The lowest BCUT2D eigenvalue weighted by Gasteiger charge is -2.34. The molecule has 1 fully saturated rings. The fourth-order valence-electron chi connectivity index (χ4n) is 3.07. The molecule has 22 heavy (non-hydrogen) atoms. The summed E-state index contributed by atoms with van der Waals surface area (Å²) in [6.45, 7) is 3.62. The second-order valence-corrected chi connectivity index (χ2v) is 6.26. The molecule has 1 atom stereocenters. The first-order chi connectivity index (χ1) is 10.6. The highest BCUT2D eigenvalue weighted by Crippen LogP contribution is 2.23. The number of aromatic nitrogens is 2. The van der Waals surface area contributed by atoms with Crippen LogP contribution < -0.4 is 0 Å². The Hall–Kier alpha value is -1.81. The molecular formula is C17H20ClN3O. The van der Waals surface area contributed by atoms with Crippen LogP contribution in [-0.2, 0) is 11.2 Å². The summed E-state index contributed by atoms with van der Waals surface area (Å²) in [5.41, 5.74) is 1.01. The highest BCUT2D eigenvalue weighted by molar-refractivity contribution is 6.30. The van der Waals surface area contributed by atoms with E-state index in [-0.39, 0.29) is 5.91 Å². The molecule has 1 saturated heterocycles. The van der Waals surface area contributed by atoms with Crippen LogP contribution in [0.25, 0.3) is 0 Å². The fourth-order valence-corrected chi connectivity index (χ4v) is 3.20. The number of carbonyl (C=O) groups is 1. The van der Waals surface area contributed by atoms with Crippen LogP contribution in [0.5, 0.6) is 0 Å². The van der Waals surface area contributed by atoms with Crippen molar-refractivity contribution in [2.45, 2.75) is 32.2 Å². The van der Waals surface area contributed by atoms with Gasteiger partial charge in [-0.25, -0.2) is 4.98 Å². The van der Waals surface area contributed by atoms with Crippen molar-refractivity contribution < 1.29 is 4.79 Å². The van der Waals surface area contributed by atoms with Gasteiger partial charge in [-0.3, -0.25) is 4.79 Å². The molecule has 1 unspecified atom stereocenters. The van der Waals surface area contributed by atoms with Crippen molar-refractivity contribution in [3.8, 4) is 0 Å². The number of piperidine rings is 1. The standard InChI is InChI=1S/C17H20ClN3O/c1-13-19-8-10-21(13)16-3-2-9-20(12-16)17(22)11-14-4-6-15(18)7-5-14/h4-8,10,16H,2-3,9,11-12H2,1H3. The lowest BCUT2D eigenvalue weighted by atomic mass is 10.0. The Kier molecular flexibility index (Phi) is 4.48. The number of hydrogen-bond acceptors (Lipinski definition) is 2. The quantitative estimate of drug-likeness (QED) is 0.871. The van der Waals surface area contributed by atoms with Crippen molar-refractivity contribution in [3.63, 3.8) is 0 Å². The summed E-state index contributed by atoms with van der Waals surface area (Å²) >= 11 is 5.88. The molecule has 0 bridgehead atoms. The van der Waals surface area contributed by atoms with E-state index >= 15 is 0 Å². The lowest BCUT2D eigenvalue weighted by molar-refractivity contribution is -0.132. The predicted octanol–water partition coefficient (Wildman–Crippen LogP) is 3.25. The topological polar surface area (TPSA) is 38.1 Å². The van der Waals surface area contributed by atoms with Crippen molar-refractivity contribution in [1.82, 2.24) is 14.5 Å². The van der Waals surface area contributed by atoms with E-state index in [0.717, 1.165) is 37.3 Å². The van der Waals surface area contributed by atoms with Crippen molar-refractivity contribution in [2.75, 3.05) is 13.1 Å². The van der Waals surface area contributed by atoms with Gasteiger partial charge >= 0.3 is 0 Å². The van der Waals surface area contributed by atoms with Gasteiger partial charge in [-0.15, -0.1) is 0 Å². The summed E-state index contributed by atoms with van der Waals surface area (Å²) in [7, 11) is 0. The number of halogens is 1. The number of benzene rings is 1. The summed E-state index contributed by atoms with van der Waals surface area (Å²) < 4.78 is 2.18. The zero-order valence-electron chi connectivity index (χ0n) is 12.7. The minimum atomic E-state index is 0.185. The van der Waals surface area contributed by atoms with Gasteiger partial charge in [0.1, 0.15) is 5.82 Å². The van der Waals surface area contributed by atoms with E-state index in [2.05, 4.69) is 9.55 Å². The third-order valence-corrected chi connectivity index (χ3v) is 4.53. The zero-order chi connectivity index (χ0) is 15.5. The first-order valence-electron chi connectivity index (χ1n) is 7.65. The van der Waals surface area contributed by atoms with E-state index < -0.39 is 0 Å². The van der Waals surface area contributed by atoms with Crippen LogP contribution in [0.1, 0.15) is 30.3 Å². The molecule has 2 heterocycles. The number of nitrogens with zero attached hydrogens (tertiary/aromatic N) is 3. The summed E-state index contributed by atoms with van der Waals surface area (Å²) in [5.74, 6) is 1.20. The highest BCUT2D eigenvalue weighted by Gasteiger charge is 2.25. The first-order valence-corrected chi connectivity index (χ1v) is 8.03. The highest BCUT2D eigenvalue weighted by atomic mass is 35.5. The Morgan fingerprint density at radius 3 is 2.82 bits per heavy atom. The number of rotatable bonds is 3. The second-order valence-electron chi connectivity index (χ2n) is 5.82. The smallest absolute Gasteiger partial charge is 0.227 e. The molecule has 1 aromatic heterocycles. The third-order valence-electron chi connectivity index (χ3n) is 4.27. The maximum absolute atomic E-state index is 12.5. The molecule has 1 amide bonds. The van der Waals surface area contributed by atoms with Crippen molar-refractivity contribution in [3.05, 3.63) is 53.1 Å². The van der Waals surface area contributed by atoms with E-state index in [1.165, 1.54) is 0 Å². The number of imidazole rings is 1. The van der Waals surface area contributed by atoms with Crippen LogP contribution in [0.2, 0.25) is 5.02 Å². The monoisotopic (exact) mass is 317 g/mol. The van der Waals surface area contributed by atoms with Crippen LogP contribution in [0, 0.1) is 6.92 Å². The van der Waals surface area contributed by atoms with Gasteiger partial charge in [-0.1, -0.05) is 23.7 Å². The molecule has 5 heteroatoms. The lowest BCUT2D eigenvalue weighted by Crippen LogP contribution is -2.41. The number of likely N-dealkylation sites (tertiary alicyclic amines) is 1. The van der Waals surface area contributed by atoms with E-state index in [4.69, 9.17) is 11.6 Å². The van der Waals surface area contributed by atoms with Gasteiger partial charge in [-0.05, 0) is 37.5 Å². The van der Waals surface area contributed by atoms with Crippen molar-refractivity contribution in [1.29, 1.82) is 0 Å². The molecule has 0 aliphatic carbocycles. The average molecular weight is 318 g/mol. The van der Waals surface area contributed by atoms with Crippen LogP contribution >= 0.6 is 11.6 Å². The van der Waals surface area contributed by atoms with Gasteiger partial charge in [0.15, 0.2) is 0 Å². The zero-order valence-corrected chi connectivity index (χ0v) is 13.5. The molecule has 1 aliphatic heterocycles. The molecule has 2 aromatic rings. The molecular weight excluding hydrogens is 298 g/mol. The predicted molar refractivity (Wildman–Crippen MR) is 87.0 cm³/mol. The summed E-state index contributed by atoms with van der Waals surface area (Å²) in [6, 6.07) is 7.84. The molecule has 0 radical (unpaired) electrons. The van der Waals surface area contributed by atoms with Gasteiger partial charge in [0, 0.05) is 30.5 Å². The number of aryl methyl sites for hydroxylation is 1. The van der Waals surface area contributed by atoms with E-state index in [9.17, 15) is 4.79 Å². The van der Waals surface area contributed by atoms with Crippen LogP contribution in [0.15, 0.2) is 36.7 Å². The normalized spacial score (nSPS) is 18.5. The molecule has 3 rings (SSSR count). The molecule has 1 aromatic carbocycles. The Labute approximate surface area is 135 Å². The van der Waals surface area contributed by atoms with Gasteiger partial charge in [0.25, 0.3) is 0 Å². The average Bonchev–Trinajstić information content (AvgIpc) is 2.96. The number of hydrogen-bond donors (Lipinski definition) is 0. The SMILES string of the molecule is Cc1nccn1C1CCCN(C(=O)Cc2ccc(Cl)cc2)C1. The van der Waals surface area contributed by atoms with Gasteiger partial charge < -0.3 is 9.47 Å². The van der Waals surface area contributed by atoms with Crippen LogP contribution in [-0.4, -0.2) is 33.4 Å². The van der Waals surface area contributed by atoms with Gasteiger partial charge in [-0.2, -0.15) is 0 Å². The molecule has 0 spiro atoms.